The molecule has 1 atom stereocenters. The van der Waals surface area contributed by atoms with Crippen molar-refractivity contribution in [2.24, 2.45) is 0 Å². The highest BCUT2D eigenvalue weighted by Gasteiger charge is 2.25. The first-order valence-corrected chi connectivity index (χ1v) is 18.8. The van der Waals surface area contributed by atoms with Crippen molar-refractivity contribution >= 4 is 47.6 Å². The van der Waals surface area contributed by atoms with Crippen molar-refractivity contribution in [3.05, 3.63) is 59.8 Å². The molecule has 0 aliphatic carbocycles. The van der Waals surface area contributed by atoms with Crippen molar-refractivity contribution in [2.75, 3.05) is 19.7 Å². The average molecular weight is 634 g/mol. The Kier molecular flexibility index (Phi) is 8.42. The van der Waals surface area contributed by atoms with Gasteiger partial charge in [-0.25, -0.2) is 9.97 Å². The Hall–Kier alpha value is -3.84. The van der Waals surface area contributed by atoms with Crippen LogP contribution in [0.4, 0.5) is 0 Å². The smallest absolute Gasteiger partial charge is 0.244 e. The Morgan fingerprint density at radius 1 is 1.14 bits per heavy atom. The third kappa shape index (κ3) is 6.63. The minimum Gasteiger partial charge on any atom is -0.456 e. The highest BCUT2D eigenvalue weighted by molar-refractivity contribution is 6.76. The molecule has 5 aromatic rings. The second-order valence-electron chi connectivity index (χ2n) is 12.4. The predicted molar refractivity (Wildman–Crippen MR) is 172 cm³/mol. The number of imidazole rings is 1. The van der Waals surface area contributed by atoms with Gasteiger partial charge >= 0.3 is 0 Å². The molecule has 2 aromatic carbocycles. The molecule has 4 heterocycles. The lowest BCUT2D eigenvalue weighted by atomic mass is 10.2. The fourth-order valence-electron chi connectivity index (χ4n) is 5.14. The van der Waals surface area contributed by atoms with Gasteiger partial charge < -0.3 is 24.0 Å². The van der Waals surface area contributed by atoms with Gasteiger partial charge in [-0.05, 0) is 43.7 Å². The molecular weight excluding hydrogens is 598 g/mol. The molecule has 11 nitrogen and oxygen atoms in total. The number of aliphatic hydroxyl groups excluding tert-OH is 1. The molecule has 1 saturated heterocycles. The first-order valence-electron chi connectivity index (χ1n) is 14.7. The molecule has 0 bridgehead atoms. The molecule has 1 aliphatic heterocycles. The zero-order valence-corrected chi connectivity index (χ0v) is 27.1. The lowest BCUT2D eigenvalue weighted by Crippen LogP contribution is -2.32. The molecule has 230 valence electrons. The Morgan fingerprint density at radius 3 is 2.73 bits per heavy atom. The van der Waals surface area contributed by atoms with Gasteiger partial charge in [-0.2, -0.15) is 5.10 Å². The van der Waals surface area contributed by atoms with Crippen LogP contribution in [0.1, 0.15) is 12.2 Å². The monoisotopic (exact) mass is 633 g/mol. The summed E-state index contributed by atoms with van der Waals surface area (Å²) < 4.78 is 15.9. The molecule has 0 saturated carbocycles. The van der Waals surface area contributed by atoms with Gasteiger partial charge in [0, 0.05) is 45.6 Å². The number of carbonyl (C=O) groups is 1. The number of hydrogen-bond donors (Lipinski definition) is 1. The number of amides is 1. The van der Waals surface area contributed by atoms with E-state index in [9.17, 15) is 9.90 Å². The predicted octanol–water partition coefficient (Wildman–Crippen LogP) is 5.50. The van der Waals surface area contributed by atoms with E-state index in [0.29, 0.717) is 65.1 Å². The SMILES string of the molecule is Cc1nc2ccc(Oc3ccc4ncc(-c5cnn(CC(=O)N6CCC(O)C6)c5)nc4c3Cl)cc2n1COCC[Si](C)(C)C. The lowest BCUT2D eigenvalue weighted by Gasteiger charge is -2.16. The van der Waals surface area contributed by atoms with Crippen LogP contribution in [-0.2, 0) is 22.8 Å². The van der Waals surface area contributed by atoms with Gasteiger partial charge in [-0.15, -0.1) is 0 Å². The summed E-state index contributed by atoms with van der Waals surface area (Å²) in [5, 5.41) is 14.4. The van der Waals surface area contributed by atoms with E-state index < -0.39 is 14.2 Å². The summed E-state index contributed by atoms with van der Waals surface area (Å²) in [5.41, 5.74) is 4.18. The Balaban J connectivity index is 1.20. The van der Waals surface area contributed by atoms with E-state index in [1.54, 1.807) is 34.2 Å². The van der Waals surface area contributed by atoms with Crippen molar-refractivity contribution in [3.8, 4) is 22.8 Å². The van der Waals surface area contributed by atoms with Crippen LogP contribution in [0, 0.1) is 6.92 Å². The third-order valence-electron chi connectivity index (χ3n) is 7.72. The minimum absolute atomic E-state index is 0.0832. The summed E-state index contributed by atoms with van der Waals surface area (Å²) in [6.07, 6.45) is 5.19. The maximum Gasteiger partial charge on any atom is 0.244 e. The summed E-state index contributed by atoms with van der Waals surface area (Å²) >= 11 is 6.83. The topological polar surface area (TPSA) is 120 Å². The molecule has 44 heavy (non-hydrogen) atoms. The number of aromatic nitrogens is 6. The van der Waals surface area contributed by atoms with E-state index >= 15 is 0 Å². The van der Waals surface area contributed by atoms with E-state index in [0.717, 1.165) is 29.5 Å². The second-order valence-corrected chi connectivity index (χ2v) is 18.4. The number of rotatable bonds is 10. The first-order chi connectivity index (χ1) is 21.0. The quantitative estimate of drug-likeness (QED) is 0.158. The van der Waals surface area contributed by atoms with Crippen LogP contribution in [0.2, 0.25) is 30.7 Å². The highest BCUT2D eigenvalue weighted by atomic mass is 35.5. The number of β-amino-alcohol motifs (C(OH)–C–C–N with tert-alkyl or cyclic N) is 1. The number of aryl methyl sites for hydroxylation is 1. The van der Waals surface area contributed by atoms with E-state index in [2.05, 4.69) is 34.7 Å². The van der Waals surface area contributed by atoms with Crippen LogP contribution in [0.5, 0.6) is 11.5 Å². The van der Waals surface area contributed by atoms with Crippen molar-refractivity contribution < 1.29 is 19.4 Å². The van der Waals surface area contributed by atoms with E-state index in [1.165, 1.54) is 0 Å². The fraction of sp³-hybridized carbons (Fsp3) is 0.387. The molecule has 0 spiro atoms. The standard InChI is InChI=1S/C31H36ClN7O4Si/c1-20-35-24-6-5-23(13-27(24)39(20)19-42-11-12-44(2,3)4)43-28-8-7-25-31(30(28)32)36-26(15-33-25)21-14-34-38(16-21)18-29(41)37-10-9-22(40)17-37/h5-8,13-16,22,40H,9-12,17-19H2,1-4H3. The molecule has 1 unspecified atom stereocenters. The average Bonchev–Trinajstić information content (AvgIpc) is 3.71. The van der Waals surface area contributed by atoms with Gasteiger partial charge in [0.1, 0.15) is 41.1 Å². The van der Waals surface area contributed by atoms with Crippen molar-refractivity contribution in [1.29, 1.82) is 0 Å². The van der Waals surface area contributed by atoms with Crippen molar-refractivity contribution in [2.45, 2.75) is 58.4 Å². The normalized spacial score (nSPS) is 15.5. The first kappa shape index (κ1) is 30.2. The molecule has 1 amide bonds. The number of hydrogen-bond acceptors (Lipinski definition) is 8. The van der Waals surface area contributed by atoms with Gasteiger partial charge in [0.2, 0.25) is 5.91 Å². The third-order valence-corrected chi connectivity index (χ3v) is 9.78. The summed E-state index contributed by atoms with van der Waals surface area (Å²) in [6, 6.07) is 10.4. The zero-order chi connectivity index (χ0) is 31.0. The number of likely N-dealkylation sites (tertiary alicyclic amines) is 1. The van der Waals surface area contributed by atoms with E-state index in [-0.39, 0.29) is 12.5 Å². The van der Waals surface area contributed by atoms with Crippen molar-refractivity contribution in [1.82, 2.24) is 34.2 Å². The number of benzene rings is 2. The number of aliphatic hydroxyl groups is 1. The number of fused-ring (bicyclic) bond motifs is 2. The summed E-state index contributed by atoms with van der Waals surface area (Å²) in [5.74, 6) is 1.85. The highest BCUT2D eigenvalue weighted by Crippen LogP contribution is 2.36. The van der Waals surface area contributed by atoms with Crippen LogP contribution in [0.25, 0.3) is 33.3 Å². The van der Waals surface area contributed by atoms with Gasteiger partial charge in [-0.3, -0.25) is 14.5 Å². The van der Waals surface area contributed by atoms with Crippen LogP contribution >= 0.6 is 11.6 Å². The Bertz CT molecular complexity index is 1830. The Morgan fingerprint density at radius 2 is 1.95 bits per heavy atom. The van der Waals surface area contributed by atoms with Gasteiger partial charge in [-0.1, -0.05) is 31.2 Å². The van der Waals surface area contributed by atoms with E-state index in [1.807, 2.05) is 35.8 Å². The van der Waals surface area contributed by atoms with E-state index in [4.69, 9.17) is 26.1 Å². The maximum atomic E-state index is 12.6. The van der Waals surface area contributed by atoms with Crippen LogP contribution in [-0.4, -0.2) is 79.1 Å². The number of nitrogens with zero attached hydrogens (tertiary/aromatic N) is 7. The van der Waals surface area contributed by atoms with Gasteiger partial charge in [0.15, 0.2) is 0 Å². The largest absolute Gasteiger partial charge is 0.456 e. The minimum atomic E-state index is -1.18. The molecule has 1 fully saturated rings. The molecule has 1 N–H and O–H groups in total. The molecule has 6 rings (SSSR count). The van der Waals surface area contributed by atoms with Crippen LogP contribution in [0.15, 0.2) is 48.9 Å². The molecule has 1 aliphatic rings. The number of ether oxygens (including phenoxy) is 2. The lowest BCUT2D eigenvalue weighted by molar-refractivity contribution is -0.131. The molecule has 3 aromatic heterocycles. The number of halogens is 1. The number of carbonyl (C=O) groups excluding carboxylic acids is 1. The second kappa shape index (κ2) is 12.3. The molecule has 13 heteroatoms. The zero-order valence-electron chi connectivity index (χ0n) is 25.3. The fourth-order valence-corrected chi connectivity index (χ4v) is 6.14. The van der Waals surface area contributed by atoms with Crippen LogP contribution in [0.3, 0.4) is 0 Å². The summed E-state index contributed by atoms with van der Waals surface area (Å²) in [6.45, 7) is 11.1. The molecule has 0 radical (unpaired) electrons. The maximum absolute atomic E-state index is 12.6. The van der Waals surface area contributed by atoms with Gasteiger partial charge in [0.05, 0.1) is 40.7 Å². The van der Waals surface area contributed by atoms with Gasteiger partial charge in [0.25, 0.3) is 0 Å². The summed E-state index contributed by atoms with van der Waals surface area (Å²) in [7, 11) is -1.18. The molecular formula is C31H36ClN7O4Si. The Labute approximate surface area is 261 Å². The summed E-state index contributed by atoms with van der Waals surface area (Å²) in [4.78, 5) is 28.2. The van der Waals surface area contributed by atoms with Crippen molar-refractivity contribution in [3.63, 3.8) is 0 Å². The van der Waals surface area contributed by atoms with Crippen LogP contribution < -0.4 is 4.74 Å².